The van der Waals surface area contributed by atoms with Crippen LogP contribution in [0.15, 0.2) is 70.6 Å². The Labute approximate surface area is 164 Å². The van der Waals surface area contributed by atoms with Crippen LogP contribution in [0.25, 0.3) is 10.8 Å². The molecule has 0 bridgehead atoms. The summed E-state index contributed by atoms with van der Waals surface area (Å²) < 4.78 is 0. The number of hydrogen-bond acceptors (Lipinski definition) is 2. The van der Waals surface area contributed by atoms with E-state index in [-0.39, 0.29) is 6.03 Å². The standard InChI is InChI=1S/C24H23N3O/c28-24-25-22-9-8-17(16-23(22)26-24)10-13-27-14-11-19(12-15-27)21-7-3-5-18-4-1-2-6-20(18)21/h1-9,16,19H,10-15H2. The number of likely N-dealkylation sites (tertiary alicyclic amines) is 1. The van der Waals surface area contributed by atoms with E-state index in [4.69, 9.17) is 0 Å². The first-order chi connectivity index (χ1) is 13.8. The highest BCUT2D eigenvalue weighted by atomic mass is 16.2. The summed E-state index contributed by atoms with van der Waals surface area (Å²) in [4.78, 5) is 21.7. The molecule has 0 unspecified atom stereocenters. The number of fused-ring (bicyclic) bond motifs is 2. The van der Waals surface area contributed by atoms with Crippen molar-refractivity contribution in [3.05, 3.63) is 82.5 Å². The van der Waals surface area contributed by atoms with E-state index < -0.39 is 0 Å². The second kappa shape index (κ2) is 7.28. The summed E-state index contributed by atoms with van der Waals surface area (Å²) in [5.74, 6) is 0.647. The largest absolute Gasteiger partial charge is 0.368 e. The van der Waals surface area contributed by atoms with E-state index in [1.807, 2.05) is 12.1 Å². The molecule has 1 fully saturated rings. The van der Waals surface area contributed by atoms with Crippen molar-refractivity contribution in [1.29, 1.82) is 0 Å². The summed E-state index contributed by atoms with van der Waals surface area (Å²) >= 11 is 0. The Bertz CT molecular complexity index is 1150. The number of carbonyl (C=O) groups is 1. The van der Waals surface area contributed by atoms with Crippen LogP contribution >= 0.6 is 0 Å². The Hall–Kier alpha value is -2.85. The molecule has 1 saturated heterocycles. The molecule has 3 aromatic rings. The van der Waals surface area contributed by atoms with E-state index >= 15 is 0 Å². The molecule has 0 atom stereocenters. The van der Waals surface area contributed by atoms with E-state index in [2.05, 4.69) is 63.4 Å². The highest BCUT2D eigenvalue weighted by Gasteiger charge is 2.21. The lowest BCUT2D eigenvalue weighted by molar-refractivity contribution is 0.215. The van der Waals surface area contributed by atoms with Crippen LogP contribution in [0.4, 0.5) is 4.79 Å². The van der Waals surface area contributed by atoms with Crippen LogP contribution in [0.3, 0.4) is 0 Å². The van der Waals surface area contributed by atoms with Crippen molar-refractivity contribution in [3.8, 4) is 0 Å². The number of nitrogens with zero attached hydrogens (tertiary/aromatic N) is 3. The van der Waals surface area contributed by atoms with E-state index in [1.54, 1.807) is 0 Å². The molecule has 0 radical (unpaired) electrons. The fourth-order valence-corrected chi connectivity index (χ4v) is 4.50. The van der Waals surface area contributed by atoms with Gasteiger partial charge in [-0.05, 0) is 72.3 Å². The number of benzene rings is 3. The third kappa shape index (κ3) is 3.36. The minimum Gasteiger partial charge on any atom is -0.303 e. The maximum Gasteiger partial charge on any atom is 0.368 e. The van der Waals surface area contributed by atoms with Gasteiger partial charge in [-0.1, -0.05) is 48.5 Å². The lowest BCUT2D eigenvalue weighted by Crippen LogP contribution is -2.34. The highest BCUT2D eigenvalue weighted by Crippen LogP contribution is 2.33. The predicted octanol–water partition coefficient (Wildman–Crippen LogP) is 3.63. The molecule has 140 valence electrons. The van der Waals surface area contributed by atoms with Crippen LogP contribution in [0.5, 0.6) is 0 Å². The highest BCUT2D eigenvalue weighted by molar-refractivity contribution is 5.86. The second-order valence-electron chi connectivity index (χ2n) is 7.76. The van der Waals surface area contributed by atoms with Gasteiger partial charge in [0.25, 0.3) is 0 Å². The molecule has 4 nitrogen and oxygen atoms in total. The average molecular weight is 369 g/mol. The summed E-state index contributed by atoms with van der Waals surface area (Å²) in [7, 11) is 0. The van der Waals surface area contributed by atoms with Crippen LogP contribution in [0.2, 0.25) is 0 Å². The molecule has 0 N–H and O–H groups in total. The van der Waals surface area contributed by atoms with Gasteiger partial charge in [0.2, 0.25) is 0 Å². The first-order valence-electron chi connectivity index (χ1n) is 10.1. The fraction of sp³-hybridized carbons (Fsp3) is 0.292. The van der Waals surface area contributed by atoms with Crippen LogP contribution in [-0.4, -0.2) is 30.6 Å². The third-order valence-corrected chi connectivity index (χ3v) is 6.04. The minimum atomic E-state index is -0.386. The number of carbonyl (C=O) groups excluding carboxylic acids is 1. The zero-order valence-electron chi connectivity index (χ0n) is 15.8. The Morgan fingerprint density at radius 1 is 0.893 bits per heavy atom. The van der Waals surface area contributed by atoms with Crippen molar-refractivity contribution in [3.63, 3.8) is 0 Å². The summed E-state index contributed by atoms with van der Waals surface area (Å²) in [6.07, 6.45) is 3.40. The van der Waals surface area contributed by atoms with E-state index in [9.17, 15) is 4.79 Å². The van der Waals surface area contributed by atoms with Gasteiger partial charge in [0.15, 0.2) is 0 Å². The fourth-order valence-electron chi connectivity index (χ4n) is 4.50. The lowest BCUT2D eigenvalue weighted by Gasteiger charge is -2.32. The summed E-state index contributed by atoms with van der Waals surface area (Å²) in [5, 5.41) is 4.17. The Balaban J connectivity index is 1.22. The van der Waals surface area contributed by atoms with Gasteiger partial charge in [0.05, 0.1) is 10.7 Å². The predicted molar refractivity (Wildman–Crippen MR) is 110 cm³/mol. The quantitative estimate of drug-likeness (QED) is 0.705. The normalized spacial score (nSPS) is 17.4. The second-order valence-corrected chi connectivity index (χ2v) is 7.76. The number of rotatable bonds is 4. The maximum atomic E-state index is 11.3. The molecule has 2 aliphatic heterocycles. The van der Waals surface area contributed by atoms with Crippen molar-refractivity contribution < 1.29 is 4.79 Å². The number of urea groups is 1. The summed E-state index contributed by atoms with van der Waals surface area (Å²) in [6.45, 7) is 3.32. The number of hydrogen-bond donors (Lipinski definition) is 0. The van der Waals surface area contributed by atoms with Crippen LogP contribution in [0, 0.1) is 0 Å². The van der Waals surface area contributed by atoms with Gasteiger partial charge in [-0.25, -0.2) is 4.79 Å². The van der Waals surface area contributed by atoms with Crippen LogP contribution in [0.1, 0.15) is 29.9 Å². The molecule has 28 heavy (non-hydrogen) atoms. The number of piperidine rings is 1. The van der Waals surface area contributed by atoms with E-state index in [1.165, 1.54) is 34.7 Å². The zero-order valence-corrected chi connectivity index (χ0v) is 15.8. The molecule has 5 rings (SSSR count). The zero-order chi connectivity index (χ0) is 18.9. The smallest absolute Gasteiger partial charge is 0.303 e. The topological polar surface area (TPSA) is 45.0 Å². The summed E-state index contributed by atoms with van der Waals surface area (Å²) in [6, 6.07) is 21.0. The van der Waals surface area contributed by atoms with Gasteiger partial charge >= 0.3 is 6.03 Å². The van der Waals surface area contributed by atoms with Gasteiger partial charge < -0.3 is 4.90 Å². The Morgan fingerprint density at radius 2 is 1.68 bits per heavy atom. The molecule has 0 spiro atoms. The van der Waals surface area contributed by atoms with Crippen LogP contribution < -0.4 is 10.7 Å². The maximum absolute atomic E-state index is 11.3. The minimum absolute atomic E-state index is 0.386. The van der Waals surface area contributed by atoms with Crippen molar-refractivity contribution in [2.45, 2.75) is 25.2 Å². The molecule has 2 amide bonds. The van der Waals surface area contributed by atoms with Gasteiger partial charge in [0, 0.05) is 6.54 Å². The molecule has 4 heteroatoms. The van der Waals surface area contributed by atoms with Crippen molar-refractivity contribution in [2.75, 3.05) is 19.6 Å². The SMILES string of the molecule is O=C1N=c2ccc(CCN3CCC(c4cccc5ccccc45)CC3)cc2=N1. The molecule has 2 aliphatic rings. The average Bonchev–Trinajstić information content (AvgIpc) is 3.11. The van der Waals surface area contributed by atoms with Crippen LogP contribution in [-0.2, 0) is 6.42 Å². The molecular weight excluding hydrogens is 346 g/mol. The summed E-state index contributed by atoms with van der Waals surface area (Å²) in [5.41, 5.74) is 2.73. The molecule has 0 aromatic heterocycles. The van der Waals surface area contributed by atoms with Gasteiger partial charge in [-0.15, -0.1) is 0 Å². The van der Waals surface area contributed by atoms with E-state index in [0.29, 0.717) is 11.3 Å². The Morgan fingerprint density at radius 3 is 2.57 bits per heavy atom. The van der Waals surface area contributed by atoms with Crippen molar-refractivity contribution >= 4 is 16.8 Å². The molecular formula is C24H23N3O. The molecule has 2 heterocycles. The number of amides is 2. The monoisotopic (exact) mass is 369 g/mol. The Kier molecular flexibility index (Phi) is 4.49. The first-order valence-corrected chi connectivity index (χ1v) is 10.1. The van der Waals surface area contributed by atoms with Crippen molar-refractivity contribution in [1.82, 2.24) is 4.90 Å². The van der Waals surface area contributed by atoms with Gasteiger partial charge in [-0.3, -0.25) is 0 Å². The third-order valence-electron chi connectivity index (χ3n) is 6.04. The molecule has 3 aromatic carbocycles. The van der Waals surface area contributed by atoms with Gasteiger partial charge in [0.1, 0.15) is 0 Å². The molecule has 0 saturated carbocycles. The molecule has 0 aliphatic carbocycles. The lowest BCUT2D eigenvalue weighted by atomic mass is 9.86. The van der Waals surface area contributed by atoms with Crippen molar-refractivity contribution in [2.24, 2.45) is 9.98 Å². The first kappa shape index (κ1) is 17.3. The van der Waals surface area contributed by atoms with E-state index in [0.717, 1.165) is 31.4 Å². The van der Waals surface area contributed by atoms with Gasteiger partial charge in [-0.2, -0.15) is 9.98 Å².